The first-order chi connectivity index (χ1) is 12.8. The van der Waals surface area contributed by atoms with Crippen LogP contribution in [0.25, 0.3) is 0 Å². The minimum absolute atomic E-state index is 0.690. The highest BCUT2D eigenvalue weighted by atomic mass is 16.5. The van der Waals surface area contributed by atoms with E-state index in [1.807, 2.05) is 24.3 Å². The molecule has 0 bridgehead atoms. The molecule has 0 atom stereocenters. The van der Waals surface area contributed by atoms with E-state index in [0.717, 1.165) is 30.6 Å². The van der Waals surface area contributed by atoms with Crippen molar-refractivity contribution >= 4 is 0 Å². The molecule has 1 aromatic rings. The van der Waals surface area contributed by atoms with Crippen LogP contribution >= 0.6 is 0 Å². The molecule has 26 heavy (non-hydrogen) atoms. The Morgan fingerprint density at radius 3 is 2.04 bits per heavy atom. The Hall–Kier alpha value is -1.49. The molecule has 1 aliphatic carbocycles. The average Bonchev–Trinajstić information content (AvgIpc) is 2.69. The SMILES string of the molecule is CCCCCCCCC1CCC(CCCOc2ccc(C#N)cc2)CC1. The van der Waals surface area contributed by atoms with Crippen molar-refractivity contribution in [3.63, 3.8) is 0 Å². The Bertz CT molecular complexity index is 508. The van der Waals surface area contributed by atoms with Gasteiger partial charge in [-0.25, -0.2) is 0 Å². The largest absolute Gasteiger partial charge is 0.494 e. The average molecular weight is 356 g/mol. The van der Waals surface area contributed by atoms with Gasteiger partial charge in [-0.15, -0.1) is 0 Å². The van der Waals surface area contributed by atoms with Gasteiger partial charge in [0.25, 0.3) is 0 Å². The number of hydrogen-bond donors (Lipinski definition) is 0. The van der Waals surface area contributed by atoms with Gasteiger partial charge in [0.05, 0.1) is 18.2 Å². The molecule has 0 aliphatic heterocycles. The second-order valence-corrected chi connectivity index (χ2v) is 8.07. The highest BCUT2D eigenvalue weighted by Crippen LogP contribution is 2.34. The molecule has 0 saturated heterocycles. The van der Waals surface area contributed by atoms with Crippen LogP contribution in [-0.4, -0.2) is 6.61 Å². The third-order valence-corrected chi connectivity index (χ3v) is 5.94. The zero-order chi connectivity index (χ0) is 18.5. The number of benzene rings is 1. The zero-order valence-corrected chi connectivity index (χ0v) is 16.7. The molecule has 2 nitrogen and oxygen atoms in total. The molecule has 144 valence electrons. The van der Waals surface area contributed by atoms with Gasteiger partial charge in [-0.1, -0.05) is 77.6 Å². The van der Waals surface area contributed by atoms with Crippen molar-refractivity contribution < 1.29 is 4.74 Å². The smallest absolute Gasteiger partial charge is 0.119 e. The summed E-state index contributed by atoms with van der Waals surface area (Å²) in [4.78, 5) is 0. The van der Waals surface area contributed by atoms with Gasteiger partial charge in [0.2, 0.25) is 0 Å². The number of unbranched alkanes of at least 4 members (excludes halogenated alkanes) is 5. The number of hydrogen-bond acceptors (Lipinski definition) is 2. The fourth-order valence-corrected chi connectivity index (χ4v) is 4.21. The fourth-order valence-electron chi connectivity index (χ4n) is 4.21. The molecule has 2 rings (SSSR count). The van der Waals surface area contributed by atoms with Gasteiger partial charge in [-0.05, 0) is 48.9 Å². The normalized spacial score (nSPS) is 19.8. The maximum atomic E-state index is 8.81. The molecule has 0 spiro atoms. The standard InChI is InChI=1S/C24H37NO/c1-2-3-4-5-6-7-9-21-11-13-22(14-12-21)10-8-19-26-24-17-15-23(20-25)16-18-24/h15-18,21-22H,2-14,19H2,1H3. The lowest BCUT2D eigenvalue weighted by Gasteiger charge is -2.28. The molecule has 1 aromatic carbocycles. The molecule has 1 fully saturated rings. The minimum atomic E-state index is 0.690. The summed E-state index contributed by atoms with van der Waals surface area (Å²) in [7, 11) is 0. The summed E-state index contributed by atoms with van der Waals surface area (Å²) in [5.74, 6) is 2.80. The lowest BCUT2D eigenvalue weighted by Crippen LogP contribution is -2.15. The number of ether oxygens (including phenoxy) is 1. The molecular formula is C24H37NO. The van der Waals surface area contributed by atoms with E-state index in [4.69, 9.17) is 10.00 Å². The quantitative estimate of drug-likeness (QED) is 0.369. The summed E-state index contributed by atoms with van der Waals surface area (Å²) >= 11 is 0. The Morgan fingerprint density at radius 1 is 0.846 bits per heavy atom. The van der Waals surface area contributed by atoms with Gasteiger partial charge < -0.3 is 4.74 Å². The summed E-state index contributed by atoms with van der Waals surface area (Å²) in [5.41, 5.74) is 0.690. The van der Waals surface area contributed by atoms with E-state index in [-0.39, 0.29) is 0 Å². The molecule has 0 N–H and O–H groups in total. The highest BCUT2D eigenvalue weighted by molar-refractivity contribution is 5.34. The van der Waals surface area contributed by atoms with E-state index in [2.05, 4.69) is 13.0 Å². The lowest BCUT2D eigenvalue weighted by atomic mass is 9.78. The fraction of sp³-hybridized carbons (Fsp3) is 0.708. The molecule has 0 heterocycles. The molecule has 0 amide bonds. The van der Waals surface area contributed by atoms with E-state index >= 15 is 0 Å². The molecule has 0 radical (unpaired) electrons. The van der Waals surface area contributed by atoms with Crippen LogP contribution < -0.4 is 4.74 Å². The van der Waals surface area contributed by atoms with Gasteiger partial charge in [0.1, 0.15) is 5.75 Å². The minimum Gasteiger partial charge on any atom is -0.494 e. The molecule has 0 unspecified atom stereocenters. The van der Waals surface area contributed by atoms with E-state index < -0.39 is 0 Å². The third kappa shape index (κ3) is 8.26. The number of nitrogens with zero attached hydrogens (tertiary/aromatic N) is 1. The summed E-state index contributed by atoms with van der Waals surface area (Å²) < 4.78 is 5.80. The van der Waals surface area contributed by atoms with Crippen LogP contribution in [0.1, 0.15) is 96.0 Å². The Kier molecular flexibility index (Phi) is 10.2. The highest BCUT2D eigenvalue weighted by Gasteiger charge is 2.20. The van der Waals surface area contributed by atoms with Crippen molar-refractivity contribution in [2.45, 2.75) is 90.4 Å². The molecular weight excluding hydrogens is 318 g/mol. The van der Waals surface area contributed by atoms with Gasteiger partial charge in [-0.3, -0.25) is 0 Å². The number of rotatable bonds is 12. The van der Waals surface area contributed by atoms with Crippen LogP contribution in [0.5, 0.6) is 5.75 Å². The van der Waals surface area contributed by atoms with E-state index in [1.165, 1.54) is 77.0 Å². The van der Waals surface area contributed by atoms with Gasteiger partial charge >= 0.3 is 0 Å². The van der Waals surface area contributed by atoms with Crippen LogP contribution in [0.4, 0.5) is 0 Å². The van der Waals surface area contributed by atoms with Gasteiger partial charge in [0.15, 0.2) is 0 Å². The summed E-state index contributed by atoms with van der Waals surface area (Å²) in [5, 5.41) is 8.81. The van der Waals surface area contributed by atoms with E-state index in [1.54, 1.807) is 0 Å². The second-order valence-electron chi connectivity index (χ2n) is 8.07. The predicted molar refractivity (Wildman–Crippen MR) is 109 cm³/mol. The van der Waals surface area contributed by atoms with Crippen molar-refractivity contribution in [2.75, 3.05) is 6.61 Å². The first kappa shape index (κ1) is 20.8. The molecule has 1 aliphatic rings. The van der Waals surface area contributed by atoms with Gasteiger partial charge in [0, 0.05) is 0 Å². The van der Waals surface area contributed by atoms with Crippen LogP contribution in [0, 0.1) is 23.2 Å². The Balaban J connectivity index is 1.47. The number of nitriles is 1. The Morgan fingerprint density at radius 2 is 1.42 bits per heavy atom. The van der Waals surface area contributed by atoms with Crippen LogP contribution in [0.3, 0.4) is 0 Å². The lowest BCUT2D eigenvalue weighted by molar-refractivity contribution is 0.228. The van der Waals surface area contributed by atoms with Crippen LogP contribution in [0.2, 0.25) is 0 Å². The maximum Gasteiger partial charge on any atom is 0.119 e. The second kappa shape index (κ2) is 12.8. The third-order valence-electron chi connectivity index (χ3n) is 5.94. The first-order valence-electron chi connectivity index (χ1n) is 10.9. The molecule has 0 aromatic heterocycles. The molecule has 2 heteroatoms. The van der Waals surface area contributed by atoms with E-state index in [9.17, 15) is 0 Å². The summed E-state index contributed by atoms with van der Waals surface area (Å²) in [6.07, 6.45) is 18.2. The monoisotopic (exact) mass is 355 g/mol. The van der Waals surface area contributed by atoms with Crippen molar-refractivity contribution in [2.24, 2.45) is 11.8 Å². The molecule has 1 saturated carbocycles. The summed E-state index contributed by atoms with van der Waals surface area (Å²) in [6.45, 7) is 3.08. The first-order valence-corrected chi connectivity index (χ1v) is 10.9. The van der Waals surface area contributed by atoms with E-state index in [0.29, 0.717) is 5.56 Å². The van der Waals surface area contributed by atoms with Crippen molar-refractivity contribution in [1.29, 1.82) is 5.26 Å². The van der Waals surface area contributed by atoms with Crippen molar-refractivity contribution in [3.8, 4) is 11.8 Å². The predicted octanol–water partition coefficient (Wildman–Crippen LogP) is 7.27. The van der Waals surface area contributed by atoms with Gasteiger partial charge in [-0.2, -0.15) is 5.26 Å². The zero-order valence-electron chi connectivity index (χ0n) is 16.7. The van der Waals surface area contributed by atoms with Crippen LogP contribution in [0.15, 0.2) is 24.3 Å². The van der Waals surface area contributed by atoms with Crippen molar-refractivity contribution in [3.05, 3.63) is 29.8 Å². The Labute approximate surface area is 161 Å². The van der Waals surface area contributed by atoms with Crippen LogP contribution in [-0.2, 0) is 0 Å². The van der Waals surface area contributed by atoms with Crippen molar-refractivity contribution in [1.82, 2.24) is 0 Å². The maximum absolute atomic E-state index is 8.81. The topological polar surface area (TPSA) is 33.0 Å². The summed E-state index contributed by atoms with van der Waals surface area (Å²) in [6, 6.07) is 9.57.